The fourth-order valence-electron chi connectivity index (χ4n) is 6.38. The largest absolute Gasteiger partial charge is 0.245 e. The summed E-state index contributed by atoms with van der Waals surface area (Å²) in [4.78, 5) is 11.0. The molecule has 8 heteroatoms. The van der Waals surface area contributed by atoms with Crippen LogP contribution in [0.1, 0.15) is 0 Å². The maximum atomic E-state index is 6.74. The molecule has 6 aromatic carbocycles. The number of halogens is 6. The fourth-order valence-corrected chi connectivity index (χ4v) is 7.23. The summed E-state index contributed by atoms with van der Waals surface area (Å²) in [5, 5.41) is 7.29. The molecule has 2 heterocycles. The lowest BCUT2D eigenvalue weighted by molar-refractivity contribution is 1.28. The molecule has 8 aromatic rings. The number of fused-ring (bicyclic) bond motifs is 2. The summed E-state index contributed by atoms with van der Waals surface area (Å²) in [7, 11) is 0. The van der Waals surface area contributed by atoms with Crippen LogP contribution < -0.4 is 0 Å². The number of aromatic nitrogens is 2. The zero-order chi connectivity index (χ0) is 34.5. The molecule has 0 amide bonds. The average molecular weight is 767 g/mol. The van der Waals surface area contributed by atoms with Gasteiger partial charge in [-0.15, -0.1) is 0 Å². The predicted octanol–water partition coefficient (Wildman–Crippen LogP) is 15.0. The van der Waals surface area contributed by atoms with E-state index in [1.165, 1.54) is 0 Å². The molecule has 8 rings (SSSR count). The third-order valence-corrected chi connectivity index (χ3v) is 10.1. The number of hydrogen-bond acceptors (Lipinski definition) is 2. The Morgan fingerprint density at radius 1 is 0.260 bits per heavy atom. The molecule has 0 aliphatic heterocycles. The quantitative estimate of drug-likeness (QED) is 0.174. The second-order valence-electron chi connectivity index (χ2n) is 11.8. The Kier molecular flexibility index (Phi) is 8.95. The van der Waals surface area contributed by atoms with Gasteiger partial charge in [0.05, 0.1) is 22.8 Å². The lowest BCUT2D eigenvalue weighted by atomic mass is 9.89. The molecule has 0 aliphatic carbocycles. The normalized spacial score (nSPS) is 11.4. The Balaban J connectivity index is 1.54. The van der Waals surface area contributed by atoms with Crippen LogP contribution in [0.3, 0.4) is 0 Å². The van der Waals surface area contributed by atoms with Gasteiger partial charge in [0.15, 0.2) is 0 Å². The molecule has 2 nitrogen and oxygen atoms in total. The highest BCUT2D eigenvalue weighted by Gasteiger charge is 2.24. The van der Waals surface area contributed by atoms with Gasteiger partial charge in [-0.25, -0.2) is 9.97 Å². The van der Waals surface area contributed by atoms with Crippen LogP contribution in [0.4, 0.5) is 0 Å². The van der Waals surface area contributed by atoms with E-state index in [1.807, 2.05) is 133 Å². The molecule has 0 saturated carbocycles. The number of pyridine rings is 2. The van der Waals surface area contributed by atoms with Crippen molar-refractivity contribution in [3.63, 3.8) is 0 Å². The smallest absolute Gasteiger partial charge is 0.0979 e. The first-order valence-corrected chi connectivity index (χ1v) is 17.8. The van der Waals surface area contributed by atoms with Crippen molar-refractivity contribution in [3.8, 4) is 56.2 Å². The van der Waals surface area contributed by atoms with Crippen molar-refractivity contribution in [3.05, 3.63) is 164 Å². The number of benzene rings is 6. The Labute approximate surface area is 318 Å². The molecule has 0 bridgehead atoms. The Morgan fingerprint density at radius 2 is 0.540 bits per heavy atom. The highest BCUT2D eigenvalue weighted by Crippen LogP contribution is 2.46. The molecular formula is C42H22Cl6N2. The first kappa shape index (κ1) is 33.0. The van der Waals surface area contributed by atoms with Gasteiger partial charge in [0.25, 0.3) is 0 Å². The molecular weight excluding hydrogens is 745 g/mol. The Morgan fingerprint density at radius 3 is 0.860 bits per heavy atom. The van der Waals surface area contributed by atoms with E-state index in [4.69, 9.17) is 79.6 Å². The van der Waals surface area contributed by atoms with Gasteiger partial charge in [0, 0.05) is 63.2 Å². The monoisotopic (exact) mass is 764 g/mol. The summed E-state index contributed by atoms with van der Waals surface area (Å²) in [6.45, 7) is 0. The fraction of sp³-hybridized carbons (Fsp3) is 0. The van der Waals surface area contributed by atoms with Crippen molar-refractivity contribution in [1.29, 1.82) is 0 Å². The second-order valence-corrected chi connectivity index (χ2v) is 14.4. The standard InChI is InChI=1S/C42H22Cl6N2/c43-27-9-1-23(2-10-27)37-35-21-31(47)17-19-33(35)41(49-39(37)25-5-13-29(45)14-6-25)42-34-20-18-32(48)22-36(34)38(24-3-11-28(44)12-4-24)40(50-42)26-7-15-30(46)16-8-26/h1-22H. The minimum Gasteiger partial charge on any atom is -0.245 e. The minimum atomic E-state index is 0.594. The van der Waals surface area contributed by atoms with Gasteiger partial charge in [0.1, 0.15) is 0 Å². The van der Waals surface area contributed by atoms with E-state index in [9.17, 15) is 0 Å². The van der Waals surface area contributed by atoms with E-state index in [1.54, 1.807) is 0 Å². The molecule has 0 fully saturated rings. The molecule has 2 aromatic heterocycles. The number of rotatable bonds is 5. The summed E-state index contributed by atoms with van der Waals surface area (Å²) in [5.74, 6) is 0. The van der Waals surface area contributed by atoms with Gasteiger partial charge in [-0.05, 0) is 94.7 Å². The highest BCUT2D eigenvalue weighted by molar-refractivity contribution is 6.33. The van der Waals surface area contributed by atoms with Gasteiger partial charge in [-0.3, -0.25) is 0 Å². The highest BCUT2D eigenvalue weighted by atomic mass is 35.5. The van der Waals surface area contributed by atoms with Crippen LogP contribution in [0.2, 0.25) is 30.1 Å². The third kappa shape index (κ3) is 6.22. The van der Waals surface area contributed by atoms with Gasteiger partial charge >= 0.3 is 0 Å². The van der Waals surface area contributed by atoms with Gasteiger partial charge in [-0.2, -0.15) is 0 Å². The molecule has 242 valence electrons. The number of hydrogen-bond donors (Lipinski definition) is 0. The van der Waals surface area contributed by atoms with E-state index in [2.05, 4.69) is 0 Å². The van der Waals surface area contributed by atoms with Crippen LogP contribution in [0.5, 0.6) is 0 Å². The van der Waals surface area contributed by atoms with Crippen molar-refractivity contribution in [2.45, 2.75) is 0 Å². The van der Waals surface area contributed by atoms with Crippen LogP contribution in [0.15, 0.2) is 133 Å². The summed E-state index contributed by atoms with van der Waals surface area (Å²) >= 11 is 38.9. The molecule has 50 heavy (non-hydrogen) atoms. The Bertz CT molecular complexity index is 2380. The Hall–Kier alpha value is -4.12. The topological polar surface area (TPSA) is 25.8 Å². The van der Waals surface area contributed by atoms with Gasteiger partial charge in [-0.1, -0.05) is 130 Å². The van der Waals surface area contributed by atoms with Crippen LogP contribution in [0, 0.1) is 0 Å². The summed E-state index contributed by atoms with van der Waals surface area (Å²) in [6.07, 6.45) is 0. The van der Waals surface area contributed by atoms with Crippen molar-refractivity contribution in [2.75, 3.05) is 0 Å². The molecule has 0 spiro atoms. The summed E-state index contributed by atoms with van der Waals surface area (Å²) in [6, 6.07) is 42.5. The zero-order valence-corrected chi connectivity index (χ0v) is 30.4. The molecule has 0 radical (unpaired) electrons. The zero-order valence-electron chi connectivity index (χ0n) is 25.9. The van der Waals surface area contributed by atoms with Crippen LogP contribution in [0.25, 0.3) is 77.7 Å². The SMILES string of the molecule is Clc1ccc(-c2nc(-c3nc(-c4ccc(Cl)cc4)c(-c4ccc(Cl)cc4)c4cc(Cl)ccc34)c3ccc(Cl)cc3c2-c2ccc(Cl)cc2)cc1. The van der Waals surface area contributed by atoms with Crippen LogP contribution >= 0.6 is 69.6 Å². The molecule has 0 unspecified atom stereocenters. The maximum absolute atomic E-state index is 6.74. The van der Waals surface area contributed by atoms with E-state index in [0.29, 0.717) is 41.5 Å². The minimum absolute atomic E-state index is 0.594. The average Bonchev–Trinajstić information content (AvgIpc) is 3.12. The first-order valence-electron chi connectivity index (χ1n) is 15.5. The first-order chi connectivity index (χ1) is 24.2. The lowest BCUT2D eigenvalue weighted by Gasteiger charge is -2.20. The molecule has 0 aliphatic rings. The van der Waals surface area contributed by atoms with Crippen LogP contribution in [-0.4, -0.2) is 9.97 Å². The summed E-state index contributed by atoms with van der Waals surface area (Å²) < 4.78 is 0. The lowest BCUT2D eigenvalue weighted by Crippen LogP contribution is -2.01. The van der Waals surface area contributed by atoms with Crippen molar-refractivity contribution >= 4 is 91.2 Å². The van der Waals surface area contributed by atoms with Gasteiger partial charge in [0.2, 0.25) is 0 Å². The van der Waals surface area contributed by atoms with Gasteiger partial charge < -0.3 is 0 Å². The molecule has 0 saturated heterocycles. The van der Waals surface area contributed by atoms with E-state index >= 15 is 0 Å². The maximum Gasteiger partial charge on any atom is 0.0979 e. The third-order valence-electron chi connectivity index (χ3n) is 8.66. The predicted molar refractivity (Wildman–Crippen MR) is 214 cm³/mol. The molecule has 0 atom stereocenters. The van der Waals surface area contributed by atoms with Crippen molar-refractivity contribution in [1.82, 2.24) is 9.97 Å². The van der Waals surface area contributed by atoms with Crippen molar-refractivity contribution in [2.24, 2.45) is 0 Å². The molecule has 0 N–H and O–H groups in total. The number of nitrogens with zero attached hydrogens (tertiary/aromatic N) is 2. The van der Waals surface area contributed by atoms with E-state index < -0.39 is 0 Å². The second kappa shape index (κ2) is 13.5. The van der Waals surface area contributed by atoms with Crippen LogP contribution in [-0.2, 0) is 0 Å². The summed E-state index contributed by atoms with van der Waals surface area (Å²) in [5.41, 5.74) is 8.32. The van der Waals surface area contributed by atoms with E-state index in [0.717, 1.165) is 66.3 Å². The van der Waals surface area contributed by atoms with Crippen molar-refractivity contribution < 1.29 is 0 Å². The van der Waals surface area contributed by atoms with E-state index in [-0.39, 0.29) is 0 Å².